The van der Waals surface area contributed by atoms with Crippen molar-refractivity contribution in [3.8, 4) is 0 Å². The van der Waals surface area contributed by atoms with Crippen molar-refractivity contribution in [2.24, 2.45) is 22.9 Å². The summed E-state index contributed by atoms with van der Waals surface area (Å²) in [6.07, 6.45) is 0. The minimum Gasteiger partial charge on any atom is -0.512 e. The minimum atomic E-state index is 0. The Morgan fingerprint density at radius 2 is 0.714 bits per heavy atom. The van der Waals surface area contributed by atoms with Crippen molar-refractivity contribution in [1.82, 2.24) is 0 Å². The number of nitrogens with zero attached hydrogens (tertiary/aromatic N) is 4. The van der Waals surface area contributed by atoms with E-state index in [0.29, 0.717) is 13.1 Å². The zero-order valence-electron chi connectivity index (χ0n) is 11.6. The molecule has 8 N–H and O–H groups in total. The molecule has 0 saturated carbocycles. The van der Waals surface area contributed by atoms with Crippen molar-refractivity contribution >= 4 is 0 Å². The third-order valence-corrected chi connectivity index (χ3v) is 0.744. The fourth-order valence-corrected chi connectivity index (χ4v) is 0. The van der Waals surface area contributed by atoms with E-state index in [9.17, 15) is 0 Å². The molecule has 11 heteroatoms. The van der Waals surface area contributed by atoms with Gasteiger partial charge in [0.05, 0.1) is 0 Å². The average Bonchev–Trinajstić information content (AvgIpc) is 2.48. The first kappa shape index (κ1) is 58.4. The molecule has 2 atom stereocenters. The van der Waals surface area contributed by atoms with Gasteiger partial charge in [-0.05, 0) is 13.8 Å². The largest absolute Gasteiger partial charge is 2.00 e. The first-order chi connectivity index (χ1) is 8.54. The summed E-state index contributed by atoms with van der Waals surface area (Å²) in [5.41, 5.74) is 20.4. The van der Waals surface area contributed by atoms with Crippen molar-refractivity contribution in [3.63, 3.8) is 0 Å². The Bertz CT molecular complexity index is 151. The van der Waals surface area contributed by atoms with Crippen LogP contribution in [0.5, 0.6) is 0 Å². The molecule has 0 aliphatic carbocycles. The first-order valence-corrected chi connectivity index (χ1v) is 4.35. The Kier molecular flexibility index (Phi) is 314. The predicted molar refractivity (Wildman–Crippen MR) is 65.3 cm³/mol. The third kappa shape index (κ3) is 409. The van der Waals surface area contributed by atoms with Crippen LogP contribution in [0.25, 0.3) is 0 Å². The summed E-state index contributed by atoms with van der Waals surface area (Å²) in [6.45, 7) is 23.9. The van der Waals surface area contributed by atoms with Crippen LogP contribution in [0.1, 0.15) is 13.8 Å². The molecule has 21 heavy (non-hydrogen) atoms. The second-order valence-corrected chi connectivity index (χ2v) is 2.43. The summed E-state index contributed by atoms with van der Waals surface area (Å²) >= 11 is 0. The third-order valence-electron chi connectivity index (χ3n) is 0.744. The van der Waals surface area contributed by atoms with Crippen LogP contribution in [0.2, 0.25) is 0 Å². The maximum atomic E-state index is 6.25. The van der Waals surface area contributed by atoms with Gasteiger partial charge in [-0.25, -0.2) is 0 Å². The normalized spacial score (nSPS) is 7.52. The van der Waals surface area contributed by atoms with Crippen LogP contribution in [0.15, 0.2) is 0 Å². The molecule has 2 unspecified atom stereocenters. The topological polar surface area (TPSA) is 199 Å². The quantitative estimate of drug-likeness (QED) is 0.200. The van der Waals surface area contributed by atoms with Gasteiger partial charge in [0.2, 0.25) is 0 Å². The van der Waals surface area contributed by atoms with Crippen molar-refractivity contribution in [2.45, 2.75) is 25.9 Å². The second kappa shape index (κ2) is 113. The smallest absolute Gasteiger partial charge is 0.512 e. The van der Waals surface area contributed by atoms with E-state index in [-0.39, 0.29) is 77.9 Å². The van der Waals surface area contributed by atoms with Gasteiger partial charge in [0.1, 0.15) is 0 Å². The zero-order valence-corrected chi connectivity index (χ0v) is 18.2. The Morgan fingerprint density at radius 3 is 0.714 bits per heavy atom. The molecule has 0 rings (SSSR count). The first-order valence-electron chi connectivity index (χ1n) is 4.35. The van der Waals surface area contributed by atoms with Crippen LogP contribution >= 0.6 is 0 Å². The van der Waals surface area contributed by atoms with Crippen molar-refractivity contribution < 1.29 is 65.8 Å². The second-order valence-electron chi connectivity index (χ2n) is 2.43. The van der Waals surface area contributed by atoms with Gasteiger partial charge in [-0.3, -0.25) is 0 Å². The molecule has 0 heterocycles. The van der Waals surface area contributed by atoms with Crippen LogP contribution in [-0.4, -0.2) is 25.2 Å². The van der Waals surface area contributed by atoms with Gasteiger partial charge >= 0.3 is 65.8 Å². The number of nitrogens with two attached hydrogens (primary N) is 4. The number of hydrogen-bond acceptors (Lipinski definition) is 8. The van der Waals surface area contributed by atoms with E-state index in [1.807, 2.05) is 13.8 Å². The van der Waals surface area contributed by atoms with Crippen LogP contribution in [0.3, 0.4) is 0 Å². The van der Waals surface area contributed by atoms with Gasteiger partial charge in [-0.1, -0.05) is 0 Å². The molecule has 0 aliphatic rings. The Morgan fingerprint density at radius 1 is 0.667 bits per heavy atom. The van der Waals surface area contributed by atoms with E-state index in [4.69, 9.17) is 70.3 Å². The molecule has 0 amide bonds. The molecule has 0 aromatic rings. The number of rotatable bonds is 2. The fourth-order valence-electron chi connectivity index (χ4n) is 0. The summed E-state index contributed by atoms with van der Waals surface area (Å²) in [7, 11) is 0. The van der Waals surface area contributed by atoms with Crippen LogP contribution in [0.4, 0.5) is 0 Å². The summed E-state index contributed by atoms with van der Waals surface area (Å²) < 4.78 is 0. The van der Waals surface area contributed by atoms with Crippen molar-refractivity contribution in [2.75, 3.05) is 13.1 Å². The fraction of sp³-hybridized carbons (Fsp3) is 0.600. The molecule has 0 aromatic carbocycles. The maximum Gasteiger partial charge on any atom is 2.00 e. The summed E-state index contributed by atoms with van der Waals surface area (Å²) in [5.74, 6) is 0. The van der Waals surface area contributed by atoms with E-state index in [1.165, 1.54) is 0 Å². The molecular formula is C10H20Au2N8Pt. The van der Waals surface area contributed by atoms with E-state index < -0.39 is 0 Å². The minimum absolute atomic E-state index is 0. The molecule has 0 spiro atoms. The Labute approximate surface area is 174 Å². The van der Waals surface area contributed by atoms with Gasteiger partial charge in [0.25, 0.3) is 0 Å². The zero-order chi connectivity index (χ0) is 16.6. The monoisotopic (exact) mass is 841 g/mol. The molecule has 0 aliphatic heterocycles. The predicted octanol–water partition coefficient (Wildman–Crippen LogP) is -1.04. The van der Waals surface area contributed by atoms with Crippen LogP contribution in [0, 0.1) is 47.3 Å². The van der Waals surface area contributed by atoms with Gasteiger partial charge in [-0.15, -0.1) is 0 Å². The summed E-state index contributed by atoms with van der Waals surface area (Å²) in [5, 5.41) is 25.0. The standard InChI is InChI=1S/2C3H10N2.4CN.2Au.Pt/c2*1-3(5)2-4;4*1-2;;;/h2*3H,2,4-5H2,1H3;;;;;;;/q;;4*-1;2*+1;+2. The maximum absolute atomic E-state index is 6.25. The molecule has 0 bridgehead atoms. The van der Waals surface area contributed by atoms with E-state index in [0.717, 1.165) is 0 Å². The Balaban J connectivity index is -0.0000000122. The molecule has 0 radical (unpaired) electrons. The van der Waals surface area contributed by atoms with Gasteiger partial charge < -0.3 is 70.3 Å². The summed E-state index contributed by atoms with van der Waals surface area (Å²) in [4.78, 5) is 0. The van der Waals surface area contributed by atoms with Crippen LogP contribution < -0.4 is 22.9 Å². The Hall–Kier alpha value is -0.0312. The van der Waals surface area contributed by atoms with Crippen molar-refractivity contribution in [3.05, 3.63) is 26.3 Å². The molecule has 0 fully saturated rings. The molecule has 0 aromatic heterocycles. The van der Waals surface area contributed by atoms with Gasteiger partial charge in [-0.2, -0.15) is 0 Å². The van der Waals surface area contributed by atoms with E-state index in [2.05, 4.69) is 0 Å². The van der Waals surface area contributed by atoms with Gasteiger partial charge in [0.15, 0.2) is 0 Å². The molecule has 8 nitrogen and oxygen atoms in total. The summed E-state index contributed by atoms with van der Waals surface area (Å²) in [6, 6.07) is 0.324. The van der Waals surface area contributed by atoms with Crippen molar-refractivity contribution in [1.29, 1.82) is 21.0 Å². The molecular weight excluding hydrogens is 821 g/mol. The van der Waals surface area contributed by atoms with Gasteiger partial charge in [0, 0.05) is 25.2 Å². The van der Waals surface area contributed by atoms with Crippen LogP contribution in [-0.2, 0) is 65.8 Å². The SMILES string of the molecule is CC(N)CN.CC(N)CN.[Au+].[Au+].[C-]#N.[C-]#N.[C-]#N.[C-]#N.[Pt+2]. The van der Waals surface area contributed by atoms with E-state index in [1.54, 1.807) is 0 Å². The van der Waals surface area contributed by atoms with E-state index >= 15 is 0 Å². The molecule has 132 valence electrons. The average molecular weight is 841 g/mol. The molecule has 0 saturated heterocycles. The number of hydrogen-bond donors (Lipinski definition) is 4.